The fourth-order valence-electron chi connectivity index (χ4n) is 3.34. The van der Waals surface area contributed by atoms with Crippen LogP contribution < -0.4 is 15.0 Å². The maximum absolute atomic E-state index is 12.5. The Labute approximate surface area is 175 Å². The van der Waals surface area contributed by atoms with Gasteiger partial charge in [-0.05, 0) is 23.8 Å². The molecule has 0 unspecified atom stereocenters. The molecule has 152 valence electrons. The number of hydrogen-bond acceptors (Lipinski definition) is 4. The monoisotopic (exact) mass is 402 g/mol. The molecule has 1 heterocycles. The predicted molar refractivity (Wildman–Crippen MR) is 116 cm³/mol. The minimum absolute atomic E-state index is 0.182. The van der Waals surface area contributed by atoms with Crippen molar-refractivity contribution in [2.24, 2.45) is 0 Å². The van der Waals surface area contributed by atoms with Crippen LogP contribution in [0.25, 0.3) is 11.1 Å². The Bertz CT molecular complexity index is 1040. The van der Waals surface area contributed by atoms with E-state index in [0.717, 1.165) is 16.9 Å². The molecule has 1 saturated heterocycles. The van der Waals surface area contributed by atoms with Crippen molar-refractivity contribution in [3.8, 4) is 16.9 Å². The number of nitrogens with zero attached hydrogens (tertiary/aromatic N) is 1. The SMILES string of the molecule is O=C(CCOc1ccccc1-c1ccccc1)Nc1ccccc1N1CCOC1=O. The number of hydrogen-bond donors (Lipinski definition) is 1. The Morgan fingerprint density at radius 1 is 0.967 bits per heavy atom. The Morgan fingerprint density at radius 2 is 1.70 bits per heavy atom. The molecule has 1 fully saturated rings. The Morgan fingerprint density at radius 3 is 2.50 bits per heavy atom. The molecule has 3 aromatic rings. The molecule has 0 radical (unpaired) electrons. The van der Waals surface area contributed by atoms with Crippen molar-refractivity contribution in [3.63, 3.8) is 0 Å². The molecule has 30 heavy (non-hydrogen) atoms. The summed E-state index contributed by atoms with van der Waals surface area (Å²) in [4.78, 5) is 25.9. The molecule has 0 bridgehead atoms. The fourth-order valence-corrected chi connectivity index (χ4v) is 3.34. The fraction of sp³-hybridized carbons (Fsp3) is 0.167. The number of rotatable bonds is 7. The molecular formula is C24H22N2O4. The van der Waals surface area contributed by atoms with Crippen LogP contribution in [-0.4, -0.2) is 31.8 Å². The van der Waals surface area contributed by atoms with Crippen molar-refractivity contribution >= 4 is 23.4 Å². The second-order valence-corrected chi connectivity index (χ2v) is 6.79. The molecule has 4 rings (SSSR count). The van der Waals surface area contributed by atoms with Gasteiger partial charge >= 0.3 is 6.09 Å². The first kappa shape index (κ1) is 19.5. The summed E-state index contributed by atoms with van der Waals surface area (Å²) in [6.45, 7) is 1.05. The number of cyclic esters (lactones) is 1. The minimum atomic E-state index is -0.405. The molecule has 0 saturated carbocycles. The predicted octanol–water partition coefficient (Wildman–Crippen LogP) is 4.72. The van der Waals surface area contributed by atoms with Crippen molar-refractivity contribution in [1.82, 2.24) is 0 Å². The molecule has 1 aliphatic rings. The summed E-state index contributed by atoms with van der Waals surface area (Å²) in [7, 11) is 0. The normalized spacial score (nSPS) is 13.1. The molecule has 0 aromatic heterocycles. The van der Waals surface area contributed by atoms with E-state index in [4.69, 9.17) is 9.47 Å². The maximum atomic E-state index is 12.5. The van der Waals surface area contributed by atoms with Gasteiger partial charge in [0.2, 0.25) is 5.91 Å². The highest BCUT2D eigenvalue weighted by Gasteiger charge is 2.25. The van der Waals surface area contributed by atoms with Crippen molar-refractivity contribution in [3.05, 3.63) is 78.9 Å². The lowest BCUT2D eigenvalue weighted by atomic mass is 10.1. The summed E-state index contributed by atoms with van der Waals surface area (Å²) in [5.41, 5.74) is 3.25. The third-order valence-corrected chi connectivity index (χ3v) is 4.79. The molecule has 1 N–H and O–H groups in total. The van der Waals surface area contributed by atoms with Crippen LogP contribution >= 0.6 is 0 Å². The lowest BCUT2D eigenvalue weighted by Crippen LogP contribution is -2.25. The van der Waals surface area contributed by atoms with E-state index in [9.17, 15) is 9.59 Å². The summed E-state index contributed by atoms with van der Waals surface area (Å²) >= 11 is 0. The van der Waals surface area contributed by atoms with Gasteiger partial charge in [-0.15, -0.1) is 0 Å². The number of benzene rings is 3. The van der Waals surface area contributed by atoms with Gasteiger partial charge in [0.05, 0.1) is 30.9 Å². The van der Waals surface area contributed by atoms with E-state index >= 15 is 0 Å². The molecule has 0 atom stereocenters. The number of amides is 2. The number of anilines is 2. The Balaban J connectivity index is 1.38. The summed E-state index contributed by atoms with van der Waals surface area (Å²) in [6.07, 6.45) is -0.223. The second-order valence-electron chi connectivity index (χ2n) is 6.79. The number of ether oxygens (including phenoxy) is 2. The standard InChI is InChI=1S/C24H22N2O4/c27-23(25-20-11-5-6-12-21(20)26-15-17-30-24(26)28)14-16-29-22-13-7-4-10-19(22)18-8-2-1-3-9-18/h1-13H,14-17H2,(H,25,27). The molecular weight excluding hydrogens is 380 g/mol. The van der Waals surface area contributed by atoms with Crippen LogP contribution in [0.3, 0.4) is 0 Å². The molecule has 1 aliphatic heterocycles. The van der Waals surface area contributed by atoms with Crippen LogP contribution in [-0.2, 0) is 9.53 Å². The van der Waals surface area contributed by atoms with E-state index in [2.05, 4.69) is 5.32 Å². The van der Waals surface area contributed by atoms with Crippen molar-refractivity contribution in [2.45, 2.75) is 6.42 Å². The summed E-state index contributed by atoms with van der Waals surface area (Å²) in [5, 5.41) is 2.87. The quantitative estimate of drug-likeness (QED) is 0.621. The molecule has 2 amide bonds. The number of para-hydroxylation sites is 3. The van der Waals surface area contributed by atoms with Crippen LogP contribution in [0, 0.1) is 0 Å². The van der Waals surface area contributed by atoms with E-state index in [1.807, 2.05) is 66.7 Å². The summed E-state index contributed by atoms with van der Waals surface area (Å²) in [5.74, 6) is 0.545. The summed E-state index contributed by atoms with van der Waals surface area (Å²) < 4.78 is 10.9. The summed E-state index contributed by atoms with van der Waals surface area (Å²) in [6, 6.07) is 24.9. The third kappa shape index (κ3) is 4.43. The van der Waals surface area contributed by atoms with E-state index in [-0.39, 0.29) is 18.9 Å². The van der Waals surface area contributed by atoms with Gasteiger partial charge in [0, 0.05) is 5.56 Å². The van der Waals surface area contributed by atoms with Gasteiger partial charge < -0.3 is 14.8 Å². The maximum Gasteiger partial charge on any atom is 0.414 e. The first-order chi connectivity index (χ1) is 14.7. The third-order valence-electron chi connectivity index (χ3n) is 4.79. The van der Waals surface area contributed by atoms with Crippen LogP contribution in [0.15, 0.2) is 78.9 Å². The van der Waals surface area contributed by atoms with E-state index in [1.165, 1.54) is 4.90 Å². The average Bonchev–Trinajstić information content (AvgIpc) is 3.21. The van der Waals surface area contributed by atoms with Gasteiger partial charge in [-0.25, -0.2) is 4.79 Å². The number of nitrogens with one attached hydrogen (secondary N) is 1. The topological polar surface area (TPSA) is 67.9 Å². The highest BCUT2D eigenvalue weighted by atomic mass is 16.6. The smallest absolute Gasteiger partial charge is 0.414 e. The molecule has 3 aromatic carbocycles. The van der Waals surface area contributed by atoms with Crippen LogP contribution in [0.5, 0.6) is 5.75 Å². The number of carbonyl (C=O) groups is 2. The van der Waals surface area contributed by atoms with Crippen LogP contribution in [0.4, 0.5) is 16.2 Å². The van der Waals surface area contributed by atoms with E-state index < -0.39 is 6.09 Å². The van der Waals surface area contributed by atoms with Gasteiger partial charge in [-0.1, -0.05) is 60.7 Å². The first-order valence-corrected chi connectivity index (χ1v) is 9.83. The lowest BCUT2D eigenvalue weighted by Gasteiger charge is -2.18. The van der Waals surface area contributed by atoms with E-state index in [1.54, 1.807) is 12.1 Å². The molecule has 6 nitrogen and oxygen atoms in total. The highest BCUT2D eigenvalue weighted by molar-refractivity contribution is 5.99. The van der Waals surface area contributed by atoms with Crippen LogP contribution in [0.1, 0.15) is 6.42 Å². The minimum Gasteiger partial charge on any atom is -0.492 e. The molecule has 0 aliphatic carbocycles. The van der Waals surface area contributed by atoms with Crippen molar-refractivity contribution in [1.29, 1.82) is 0 Å². The van der Waals surface area contributed by atoms with Crippen molar-refractivity contribution < 1.29 is 19.1 Å². The van der Waals surface area contributed by atoms with E-state index in [0.29, 0.717) is 24.5 Å². The highest BCUT2D eigenvalue weighted by Crippen LogP contribution is 2.30. The average molecular weight is 402 g/mol. The Hall–Kier alpha value is -3.80. The zero-order chi connectivity index (χ0) is 20.8. The molecule has 6 heteroatoms. The first-order valence-electron chi connectivity index (χ1n) is 9.83. The largest absolute Gasteiger partial charge is 0.492 e. The van der Waals surface area contributed by atoms with Crippen molar-refractivity contribution in [2.75, 3.05) is 30.0 Å². The van der Waals surface area contributed by atoms with Gasteiger partial charge in [-0.2, -0.15) is 0 Å². The van der Waals surface area contributed by atoms with Gasteiger partial charge in [0.15, 0.2) is 0 Å². The Kier molecular flexibility index (Phi) is 5.94. The zero-order valence-corrected chi connectivity index (χ0v) is 16.4. The number of carbonyl (C=O) groups excluding carboxylic acids is 2. The second kappa shape index (κ2) is 9.13. The lowest BCUT2D eigenvalue weighted by molar-refractivity contribution is -0.116. The molecule has 0 spiro atoms. The van der Waals surface area contributed by atoms with Gasteiger partial charge in [0.25, 0.3) is 0 Å². The van der Waals surface area contributed by atoms with Gasteiger partial charge in [0.1, 0.15) is 12.4 Å². The van der Waals surface area contributed by atoms with Gasteiger partial charge in [-0.3, -0.25) is 9.69 Å². The zero-order valence-electron chi connectivity index (χ0n) is 16.4. The van der Waals surface area contributed by atoms with Crippen LogP contribution in [0.2, 0.25) is 0 Å².